The van der Waals surface area contributed by atoms with Crippen LogP contribution in [-0.2, 0) is 5.60 Å². The van der Waals surface area contributed by atoms with Crippen LogP contribution in [0.2, 0.25) is 0 Å². The maximum absolute atomic E-state index is 10.5. The molecule has 3 N–H and O–H groups in total. The summed E-state index contributed by atoms with van der Waals surface area (Å²) >= 11 is 0. The van der Waals surface area contributed by atoms with E-state index in [1.807, 2.05) is 32.0 Å². The van der Waals surface area contributed by atoms with Gasteiger partial charge in [-0.15, -0.1) is 0 Å². The minimum Gasteiger partial charge on any atom is -0.496 e. The second-order valence-electron chi connectivity index (χ2n) is 4.19. The van der Waals surface area contributed by atoms with Gasteiger partial charge in [0.15, 0.2) is 0 Å². The van der Waals surface area contributed by atoms with E-state index >= 15 is 0 Å². The van der Waals surface area contributed by atoms with Gasteiger partial charge in [0.2, 0.25) is 0 Å². The maximum atomic E-state index is 10.5. The number of aryl methyl sites for hydroxylation is 1. The molecule has 1 aromatic rings. The zero-order chi connectivity index (χ0) is 12.2. The predicted octanol–water partition coefficient (Wildman–Crippen LogP) is 1.95. The van der Waals surface area contributed by atoms with Crippen LogP contribution in [-0.4, -0.2) is 18.8 Å². The summed E-state index contributed by atoms with van der Waals surface area (Å²) in [5.74, 6) is 0.701. The summed E-state index contributed by atoms with van der Waals surface area (Å²) in [4.78, 5) is 0. The summed E-state index contributed by atoms with van der Waals surface area (Å²) in [5.41, 5.74) is 6.60. The Morgan fingerprint density at radius 3 is 2.62 bits per heavy atom. The average Bonchev–Trinajstić information content (AvgIpc) is 2.29. The molecule has 3 nitrogen and oxygen atoms in total. The summed E-state index contributed by atoms with van der Waals surface area (Å²) in [5, 5.41) is 10.5. The second kappa shape index (κ2) is 5.32. The normalized spacial score (nSPS) is 14.6. The van der Waals surface area contributed by atoms with E-state index in [1.165, 1.54) is 0 Å². The van der Waals surface area contributed by atoms with E-state index in [9.17, 15) is 5.11 Å². The molecule has 3 heteroatoms. The van der Waals surface area contributed by atoms with Crippen LogP contribution in [0.5, 0.6) is 5.75 Å². The Labute approximate surface area is 97.2 Å². The summed E-state index contributed by atoms with van der Waals surface area (Å²) in [7, 11) is 1.61. The molecule has 0 bridgehead atoms. The third-order valence-electron chi connectivity index (χ3n) is 2.86. The first-order valence-corrected chi connectivity index (χ1v) is 5.65. The number of rotatable bonds is 5. The molecule has 0 aliphatic carbocycles. The van der Waals surface area contributed by atoms with Crippen LogP contribution in [0.1, 0.15) is 30.9 Å². The third-order valence-corrected chi connectivity index (χ3v) is 2.86. The highest BCUT2D eigenvalue weighted by atomic mass is 16.5. The predicted molar refractivity (Wildman–Crippen MR) is 65.6 cm³/mol. The summed E-state index contributed by atoms with van der Waals surface area (Å²) in [6.07, 6.45) is 1.52. The molecule has 1 rings (SSSR count). The molecule has 0 amide bonds. The number of nitrogens with two attached hydrogens (primary N) is 1. The Balaban J connectivity index is 3.21. The fourth-order valence-electron chi connectivity index (χ4n) is 1.95. The number of aliphatic hydroxyl groups is 1. The van der Waals surface area contributed by atoms with E-state index in [0.29, 0.717) is 12.2 Å². The van der Waals surface area contributed by atoms with E-state index in [1.54, 1.807) is 7.11 Å². The van der Waals surface area contributed by atoms with Gasteiger partial charge in [-0.05, 0) is 25.5 Å². The fraction of sp³-hybridized carbons (Fsp3) is 0.538. The molecule has 1 aromatic carbocycles. The number of benzene rings is 1. The zero-order valence-electron chi connectivity index (χ0n) is 10.3. The SMILES string of the molecule is CCCC(O)(CN)c1cc(C)ccc1OC. The first-order valence-electron chi connectivity index (χ1n) is 5.65. The highest BCUT2D eigenvalue weighted by Crippen LogP contribution is 2.33. The lowest BCUT2D eigenvalue weighted by Gasteiger charge is -2.28. The van der Waals surface area contributed by atoms with Crippen LogP contribution in [0.3, 0.4) is 0 Å². The lowest BCUT2D eigenvalue weighted by Crippen LogP contribution is -2.35. The Kier molecular flexibility index (Phi) is 4.33. The highest BCUT2D eigenvalue weighted by Gasteiger charge is 2.29. The second-order valence-corrected chi connectivity index (χ2v) is 4.19. The van der Waals surface area contributed by atoms with E-state index in [2.05, 4.69) is 0 Å². The Hall–Kier alpha value is -1.06. The van der Waals surface area contributed by atoms with Crippen molar-refractivity contribution in [2.24, 2.45) is 5.73 Å². The van der Waals surface area contributed by atoms with Crippen LogP contribution in [0.25, 0.3) is 0 Å². The average molecular weight is 223 g/mol. The molecule has 0 heterocycles. The number of methoxy groups -OCH3 is 1. The van der Waals surface area contributed by atoms with Gasteiger partial charge in [0.25, 0.3) is 0 Å². The van der Waals surface area contributed by atoms with Crippen molar-refractivity contribution in [1.82, 2.24) is 0 Å². The Bertz CT molecular complexity index is 352. The molecule has 0 saturated carbocycles. The molecular formula is C13H21NO2. The maximum Gasteiger partial charge on any atom is 0.125 e. The van der Waals surface area contributed by atoms with Gasteiger partial charge < -0.3 is 15.6 Å². The molecule has 1 atom stereocenters. The number of ether oxygens (including phenoxy) is 1. The van der Waals surface area contributed by atoms with Crippen LogP contribution in [0, 0.1) is 6.92 Å². The van der Waals surface area contributed by atoms with Crippen molar-refractivity contribution >= 4 is 0 Å². The first kappa shape index (κ1) is 13.0. The first-order chi connectivity index (χ1) is 7.57. The van der Waals surface area contributed by atoms with E-state index < -0.39 is 5.60 Å². The largest absolute Gasteiger partial charge is 0.496 e. The van der Waals surface area contributed by atoms with Crippen molar-refractivity contribution in [3.8, 4) is 5.75 Å². The van der Waals surface area contributed by atoms with Gasteiger partial charge in [-0.3, -0.25) is 0 Å². The van der Waals surface area contributed by atoms with Gasteiger partial charge in [-0.1, -0.05) is 25.0 Å². The van der Waals surface area contributed by atoms with Crippen molar-refractivity contribution < 1.29 is 9.84 Å². The van der Waals surface area contributed by atoms with Gasteiger partial charge in [0.1, 0.15) is 11.4 Å². The van der Waals surface area contributed by atoms with Crippen LogP contribution >= 0.6 is 0 Å². The van der Waals surface area contributed by atoms with Gasteiger partial charge in [-0.2, -0.15) is 0 Å². The lowest BCUT2D eigenvalue weighted by atomic mass is 9.88. The summed E-state index contributed by atoms with van der Waals surface area (Å²) < 4.78 is 5.28. The standard InChI is InChI=1S/C13H21NO2/c1-4-7-13(15,9-14)11-8-10(2)5-6-12(11)16-3/h5-6,8,15H,4,7,9,14H2,1-3H3. The smallest absolute Gasteiger partial charge is 0.125 e. The van der Waals surface area contributed by atoms with Crippen molar-refractivity contribution in [3.05, 3.63) is 29.3 Å². The van der Waals surface area contributed by atoms with E-state index in [4.69, 9.17) is 10.5 Å². The monoisotopic (exact) mass is 223 g/mol. The molecule has 1 unspecified atom stereocenters. The van der Waals surface area contributed by atoms with Gasteiger partial charge in [0.05, 0.1) is 7.11 Å². The minimum atomic E-state index is -0.980. The molecule has 0 fully saturated rings. The molecule has 90 valence electrons. The summed E-state index contributed by atoms with van der Waals surface area (Å²) in [6.45, 7) is 4.23. The lowest BCUT2D eigenvalue weighted by molar-refractivity contribution is 0.0335. The fourth-order valence-corrected chi connectivity index (χ4v) is 1.95. The van der Waals surface area contributed by atoms with Crippen LogP contribution in [0.15, 0.2) is 18.2 Å². The van der Waals surface area contributed by atoms with Crippen molar-refractivity contribution in [3.63, 3.8) is 0 Å². The molecule has 0 spiro atoms. The molecule has 16 heavy (non-hydrogen) atoms. The molecule has 0 aliphatic rings. The Morgan fingerprint density at radius 1 is 1.44 bits per heavy atom. The molecule has 0 radical (unpaired) electrons. The highest BCUT2D eigenvalue weighted by molar-refractivity contribution is 5.41. The minimum absolute atomic E-state index is 0.209. The summed E-state index contributed by atoms with van der Waals surface area (Å²) in [6, 6.07) is 5.79. The van der Waals surface area contributed by atoms with Gasteiger partial charge in [0, 0.05) is 12.1 Å². The Morgan fingerprint density at radius 2 is 2.12 bits per heavy atom. The van der Waals surface area contributed by atoms with Crippen molar-refractivity contribution in [1.29, 1.82) is 0 Å². The topological polar surface area (TPSA) is 55.5 Å². The van der Waals surface area contributed by atoms with E-state index in [0.717, 1.165) is 17.5 Å². The molecule has 0 aromatic heterocycles. The quantitative estimate of drug-likeness (QED) is 0.802. The molecule has 0 aliphatic heterocycles. The zero-order valence-corrected chi connectivity index (χ0v) is 10.3. The van der Waals surface area contributed by atoms with Gasteiger partial charge >= 0.3 is 0 Å². The van der Waals surface area contributed by atoms with Crippen LogP contribution < -0.4 is 10.5 Å². The molecule has 0 saturated heterocycles. The number of hydrogen-bond acceptors (Lipinski definition) is 3. The molecular weight excluding hydrogens is 202 g/mol. The van der Waals surface area contributed by atoms with Crippen molar-refractivity contribution in [2.45, 2.75) is 32.3 Å². The van der Waals surface area contributed by atoms with Crippen LogP contribution in [0.4, 0.5) is 0 Å². The number of hydrogen-bond donors (Lipinski definition) is 2. The third kappa shape index (κ3) is 2.54. The van der Waals surface area contributed by atoms with Crippen molar-refractivity contribution in [2.75, 3.05) is 13.7 Å². The van der Waals surface area contributed by atoms with E-state index in [-0.39, 0.29) is 6.54 Å². The van der Waals surface area contributed by atoms with Gasteiger partial charge in [-0.25, -0.2) is 0 Å².